The van der Waals surface area contributed by atoms with E-state index in [-0.39, 0.29) is 11.5 Å². The molecule has 0 atom stereocenters. The van der Waals surface area contributed by atoms with Crippen LogP contribution in [0.2, 0.25) is 0 Å². The molecule has 1 aliphatic rings. The van der Waals surface area contributed by atoms with Gasteiger partial charge in [-0.3, -0.25) is 18.9 Å². The fraction of sp³-hybridized carbons (Fsp3) is 0.261. The van der Waals surface area contributed by atoms with Gasteiger partial charge in [-0.15, -0.1) is 0 Å². The van der Waals surface area contributed by atoms with E-state index in [4.69, 9.17) is 0 Å². The molecule has 1 aromatic carbocycles. The van der Waals surface area contributed by atoms with Crippen molar-refractivity contribution in [3.05, 3.63) is 82.0 Å². The number of hydrogen-bond acceptors (Lipinski definition) is 4. The summed E-state index contributed by atoms with van der Waals surface area (Å²) < 4.78 is 1.58. The molecule has 0 saturated carbocycles. The minimum absolute atomic E-state index is 0.0308. The van der Waals surface area contributed by atoms with Crippen LogP contribution in [-0.2, 0) is 6.54 Å². The van der Waals surface area contributed by atoms with Gasteiger partial charge < -0.3 is 9.88 Å². The van der Waals surface area contributed by atoms with Crippen molar-refractivity contribution >= 4 is 22.5 Å². The average Bonchev–Trinajstić information content (AvgIpc) is 3.19. The molecule has 0 unspecified atom stereocenters. The maximum Gasteiger partial charge on any atom is 0.270 e. The molecule has 7 nitrogen and oxygen atoms in total. The summed E-state index contributed by atoms with van der Waals surface area (Å²) in [5.74, 6) is 0.0308. The van der Waals surface area contributed by atoms with Gasteiger partial charge in [0.15, 0.2) is 0 Å². The summed E-state index contributed by atoms with van der Waals surface area (Å²) in [5, 5.41) is 1.04. The molecule has 3 aromatic heterocycles. The normalized spacial score (nSPS) is 15.2. The molecule has 1 N–H and O–H groups in total. The zero-order chi connectivity index (χ0) is 20.7. The second-order valence-electron chi connectivity index (χ2n) is 7.86. The summed E-state index contributed by atoms with van der Waals surface area (Å²) >= 11 is 0. The zero-order valence-corrected chi connectivity index (χ0v) is 16.8. The minimum atomic E-state index is -0.0636. The van der Waals surface area contributed by atoms with E-state index in [0.717, 1.165) is 35.2 Å². The zero-order valence-electron chi connectivity index (χ0n) is 16.8. The first kappa shape index (κ1) is 18.6. The number of nitrogens with zero attached hydrogens (tertiary/aromatic N) is 4. The molecule has 4 aromatic rings. The Hall–Kier alpha value is -3.45. The summed E-state index contributed by atoms with van der Waals surface area (Å²) in [4.78, 5) is 37.3. The number of piperazine rings is 1. The van der Waals surface area contributed by atoms with Crippen LogP contribution in [0.1, 0.15) is 21.7 Å². The van der Waals surface area contributed by atoms with Gasteiger partial charge in [-0.1, -0.05) is 24.3 Å². The molecule has 1 fully saturated rings. The Kier molecular flexibility index (Phi) is 4.59. The Labute approximate surface area is 173 Å². The first-order chi connectivity index (χ1) is 14.6. The molecular formula is C23H23N5O2. The molecule has 30 heavy (non-hydrogen) atoms. The quantitative estimate of drug-likeness (QED) is 0.572. The summed E-state index contributed by atoms with van der Waals surface area (Å²) in [7, 11) is 0. The molecule has 0 bridgehead atoms. The van der Waals surface area contributed by atoms with Crippen molar-refractivity contribution in [2.45, 2.75) is 13.5 Å². The van der Waals surface area contributed by atoms with E-state index in [1.165, 1.54) is 0 Å². The lowest BCUT2D eigenvalue weighted by molar-refractivity contribution is 0.0622. The number of aryl methyl sites for hydroxylation is 1. The Morgan fingerprint density at radius 1 is 1.07 bits per heavy atom. The van der Waals surface area contributed by atoms with E-state index >= 15 is 0 Å². The van der Waals surface area contributed by atoms with Crippen LogP contribution in [0.25, 0.3) is 16.6 Å². The second-order valence-corrected chi connectivity index (χ2v) is 7.86. The van der Waals surface area contributed by atoms with Gasteiger partial charge in [-0.2, -0.15) is 0 Å². The molecule has 0 spiro atoms. The van der Waals surface area contributed by atoms with Crippen LogP contribution in [0.4, 0.5) is 0 Å². The van der Waals surface area contributed by atoms with E-state index in [1.807, 2.05) is 60.5 Å². The molecule has 0 aliphatic carbocycles. The van der Waals surface area contributed by atoms with E-state index in [0.29, 0.717) is 31.0 Å². The molecule has 7 heteroatoms. The Balaban J connectivity index is 1.26. The fourth-order valence-corrected chi connectivity index (χ4v) is 4.04. The van der Waals surface area contributed by atoms with E-state index in [1.54, 1.807) is 10.5 Å². The van der Waals surface area contributed by atoms with E-state index < -0.39 is 0 Å². The summed E-state index contributed by atoms with van der Waals surface area (Å²) in [5.41, 5.74) is 3.99. The highest BCUT2D eigenvalue weighted by Crippen LogP contribution is 2.17. The van der Waals surface area contributed by atoms with Crippen molar-refractivity contribution in [1.29, 1.82) is 0 Å². The van der Waals surface area contributed by atoms with Crippen LogP contribution in [0.5, 0.6) is 0 Å². The third-order valence-electron chi connectivity index (χ3n) is 5.67. The second kappa shape index (κ2) is 7.42. The van der Waals surface area contributed by atoms with Gasteiger partial charge in [0.2, 0.25) is 0 Å². The fourth-order valence-electron chi connectivity index (χ4n) is 4.04. The van der Waals surface area contributed by atoms with Crippen LogP contribution >= 0.6 is 0 Å². The predicted molar refractivity (Wildman–Crippen MR) is 116 cm³/mol. The number of para-hydroxylation sites is 1. The highest BCUT2D eigenvalue weighted by molar-refractivity contribution is 5.98. The van der Waals surface area contributed by atoms with Gasteiger partial charge in [-0.05, 0) is 30.7 Å². The van der Waals surface area contributed by atoms with Crippen molar-refractivity contribution in [3.8, 4) is 0 Å². The number of carbonyl (C=O) groups is 1. The first-order valence-corrected chi connectivity index (χ1v) is 10.2. The number of hydrogen-bond donors (Lipinski definition) is 1. The van der Waals surface area contributed by atoms with Crippen LogP contribution in [0.15, 0.2) is 59.5 Å². The first-order valence-electron chi connectivity index (χ1n) is 10.2. The molecule has 0 radical (unpaired) electrons. The third-order valence-corrected chi connectivity index (χ3v) is 5.67. The van der Waals surface area contributed by atoms with Gasteiger partial charge in [0.05, 0.1) is 5.69 Å². The summed E-state index contributed by atoms with van der Waals surface area (Å²) in [6.07, 6.45) is 1.81. The number of amides is 1. The number of rotatable bonds is 3. The monoisotopic (exact) mass is 401 g/mol. The topological polar surface area (TPSA) is 73.7 Å². The van der Waals surface area contributed by atoms with Gasteiger partial charge in [-0.25, -0.2) is 4.98 Å². The van der Waals surface area contributed by atoms with Crippen molar-refractivity contribution in [2.75, 3.05) is 26.2 Å². The molecule has 4 heterocycles. The number of nitrogens with one attached hydrogen (secondary N) is 1. The van der Waals surface area contributed by atoms with Gasteiger partial charge in [0.25, 0.3) is 11.5 Å². The van der Waals surface area contributed by atoms with Crippen molar-refractivity contribution < 1.29 is 4.79 Å². The van der Waals surface area contributed by atoms with Crippen LogP contribution in [0.3, 0.4) is 0 Å². The number of aromatic nitrogens is 3. The van der Waals surface area contributed by atoms with Crippen LogP contribution < -0.4 is 5.56 Å². The number of fused-ring (bicyclic) bond motifs is 2. The molecule has 1 saturated heterocycles. The lowest BCUT2D eigenvalue weighted by Crippen LogP contribution is -2.48. The van der Waals surface area contributed by atoms with Gasteiger partial charge in [0.1, 0.15) is 11.3 Å². The van der Waals surface area contributed by atoms with Gasteiger partial charge in [0, 0.05) is 55.9 Å². The standard InChI is InChI=1S/C23H23N5O2/c1-16-6-7-21-24-18(13-22(29)28(21)14-16)15-26-8-10-27(11-9-26)23(30)20-12-17-4-2-3-5-19(17)25-20/h2-7,12-14,25H,8-11,15H2,1H3. The van der Waals surface area contributed by atoms with Gasteiger partial charge >= 0.3 is 0 Å². The number of carbonyl (C=O) groups excluding carboxylic acids is 1. The largest absolute Gasteiger partial charge is 0.351 e. The maximum atomic E-state index is 12.9. The number of pyridine rings is 1. The third kappa shape index (κ3) is 3.48. The lowest BCUT2D eigenvalue weighted by atomic mass is 10.2. The molecular weight excluding hydrogens is 378 g/mol. The molecule has 1 amide bonds. The lowest BCUT2D eigenvalue weighted by Gasteiger charge is -2.34. The van der Waals surface area contributed by atoms with Crippen molar-refractivity contribution in [2.24, 2.45) is 0 Å². The summed E-state index contributed by atoms with van der Waals surface area (Å²) in [6.45, 7) is 5.37. The van der Waals surface area contributed by atoms with Crippen molar-refractivity contribution in [1.82, 2.24) is 24.2 Å². The predicted octanol–water partition coefficient (Wildman–Crippen LogP) is 2.44. The average molecular weight is 401 g/mol. The van der Waals surface area contributed by atoms with Crippen LogP contribution in [0, 0.1) is 6.92 Å². The maximum absolute atomic E-state index is 12.9. The van der Waals surface area contributed by atoms with Crippen molar-refractivity contribution in [3.63, 3.8) is 0 Å². The van der Waals surface area contributed by atoms with E-state index in [2.05, 4.69) is 14.9 Å². The highest BCUT2D eigenvalue weighted by Gasteiger charge is 2.23. The van der Waals surface area contributed by atoms with Crippen LogP contribution in [-0.4, -0.2) is 56.3 Å². The Bertz CT molecular complexity index is 1260. The molecule has 1 aliphatic heterocycles. The number of benzene rings is 1. The number of H-pyrrole nitrogens is 1. The molecule has 152 valence electrons. The Morgan fingerprint density at radius 2 is 1.87 bits per heavy atom. The molecule has 5 rings (SSSR count). The summed E-state index contributed by atoms with van der Waals surface area (Å²) in [6, 6.07) is 15.3. The Morgan fingerprint density at radius 3 is 2.67 bits per heavy atom. The smallest absolute Gasteiger partial charge is 0.270 e. The highest BCUT2D eigenvalue weighted by atomic mass is 16.2. The minimum Gasteiger partial charge on any atom is -0.351 e. The SMILES string of the molecule is Cc1ccc2nc(CN3CCN(C(=O)c4cc5ccccc5[nH]4)CC3)cc(=O)n2c1. The number of aromatic amines is 1. The van der Waals surface area contributed by atoms with E-state index in [9.17, 15) is 9.59 Å².